The second kappa shape index (κ2) is 4.89. The average Bonchev–Trinajstić information content (AvgIpc) is 1.80. The molecule has 0 aromatic rings. The summed E-state index contributed by atoms with van der Waals surface area (Å²) in [6.45, 7) is 5.86. The molecule has 0 aliphatic carbocycles. The van der Waals surface area contributed by atoms with Crippen LogP contribution >= 0.6 is 0 Å². The van der Waals surface area contributed by atoms with E-state index in [2.05, 4.69) is 5.32 Å². The van der Waals surface area contributed by atoms with E-state index in [1.807, 2.05) is 20.8 Å². The molecule has 3 nitrogen and oxygen atoms in total. The van der Waals surface area contributed by atoms with Crippen molar-refractivity contribution in [3.8, 4) is 0 Å². The van der Waals surface area contributed by atoms with Crippen molar-refractivity contribution in [2.45, 2.75) is 32.5 Å². The van der Waals surface area contributed by atoms with Gasteiger partial charge in [-0.05, 0) is 20.8 Å². The van der Waals surface area contributed by atoms with Crippen LogP contribution in [0.15, 0.2) is 0 Å². The first kappa shape index (κ1) is 12.0. The van der Waals surface area contributed by atoms with E-state index in [1.165, 1.54) is 0 Å². The Hall–Kier alpha value is -0.0000000000000000486. The molecule has 1 unspecified atom stereocenters. The van der Waals surface area contributed by atoms with Gasteiger partial charge in [0.1, 0.15) is 6.17 Å². The van der Waals surface area contributed by atoms with Crippen LogP contribution in [0.2, 0.25) is 0 Å². The number of hydrogen-bond acceptors (Lipinski definition) is 2. The van der Waals surface area contributed by atoms with Crippen LogP contribution in [0.1, 0.15) is 20.8 Å². The second-order valence-corrected chi connectivity index (χ2v) is 4.69. The monoisotopic (exact) mass is 197 g/mol. The zero-order valence-corrected chi connectivity index (χ0v) is 8.45. The van der Waals surface area contributed by atoms with Gasteiger partial charge in [0, 0.05) is 12.1 Å². The maximum absolute atomic E-state index is 12.8. The standard InChI is InChI=1S/C7H16FNO2S/c1-7(2,3)9-4-6(8)5-12(10)11/h6,9H,4-5H2,1-3H3,(H,10,11)/t6-/m1/s1. The average molecular weight is 197 g/mol. The normalized spacial score (nSPS) is 17.4. The first-order valence-electron chi connectivity index (χ1n) is 3.78. The minimum Gasteiger partial charge on any atom is -0.309 e. The van der Waals surface area contributed by atoms with E-state index >= 15 is 0 Å². The summed E-state index contributed by atoms with van der Waals surface area (Å²) in [5.74, 6) is -0.316. The van der Waals surface area contributed by atoms with Crippen molar-refractivity contribution in [2.75, 3.05) is 12.3 Å². The van der Waals surface area contributed by atoms with Gasteiger partial charge in [-0.1, -0.05) is 0 Å². The molecule has 0 fully saturated rings. The van der Waals surface area contributed by atoms with E-state index in [9.17, 15) is 8.60 Å². The minimum absolute atomic E-state index is 0.121. The third kappa shape index (κ3) is 8.10. The van der Waals surface area contributed by atoms with Crippen LogP contribution in [0.3, 0.4) is 0 Å². The summed E-state index contributed by atoms with van der Waals surface area (Å²) in [6, 6.07) is 0. The van der Waals surface area contributed by atoms with Gasteiger partial charge in [-0.15, -0.1) is 0 Å². The zero-order chi connectivity index (χ0) is 9.78. The molecule has 0 saturated carbocycles. The quantitative estimate of drug-likeness (QED) is 0.659. The SMILES string of the molecule is CC(C)(C)NC[C@@H](F)CS(=O)O. The lowest BCUT2D eigenvalue weighted by atomic mass is 10.1. The smallest absolute Gasteiger partial charge is 0.155 e. The Morgan fingerprint density at radius 2 is 2.08 bits per heavy atom. The highest BCUT2D eigenvalue weighted by Crippen LogP contribution is 2.00. The number of alkyl halides is 1. The summed E-state index contributed by atoms with van der Waals surface area (Å²) in [4.78, 5) is 0. The Morgan fingerprint density at radius 3 is 2.42 bits per heavy atom. The predicted octanol–water partition coefficient (Wildman–Crippen LogP) is 0.934. The van der Waals surface area contributed by atoms with E-state index < -0.39 is 17.3 Å². The van der Waals surface area contributed by atoms with Gasteiger partial charge in [-0.3, -0.25) is 0 Å². The first-order valence-corrected chi connectivity index (χ1v) is 5.05. The molecule has 74 valence electrons. The molecule has 0 heterocycles. The molecular formula is C7H16FNO2S. The van der Waals surface area contributed by atoms with Crippen LogP contribution in [0.4, 0.5) is 4.39 Å². The van der Waals surface area contributed by atoms with Gasteiger partial charge in [0.2, 0.25) is 0 Å². The fourth-order valence-corrected chi connectivity index (χ4v) is 1.06. The van der Waals surface area contributed by atoms with E-state index in [4.69, 9.17) is 4.55 Å². The fraction of sp³-hybridized carbons (Fsp3) is 1.00. The van der Waals surface area contributed by atoms with Crippen molar-refractivity contribution in [1.29, 1.82) is 0 Å². The van der Waals surface area contributed by atoms with Crippen LogP contribution in [0, 0.1) is 0 Å². The molecule has 0 bridgehead atoms. The zero-order valence-electron chi connectivity index (χ0n) is 7.63. The summed E-state index contributed by atoms with van der Waals surface area (Å²) in [6.07, 6.45) is -1.25. The third-order valence-corrected chi connectivity index (χ3v) is 1.82. The van der Waals surface area contributed by atoms with Crippen molar-refractivity contribution < 1.29 is 13.2 Å². The van der Waals surface area contributed by atoms with E-state index in [0.717, 1.165) is 0 Å². The molecule has 0 spiro atoms. The topological polar surface area (TPSA) is 49.3 Å². The van der Waals surface area contributed by atoms with Crippen LogP contribution < -0.4 is 5.32 Å². The first-order chi connectivity index (χ1) is 5.31. The van der Waals surface area contributed by atoms with Gasteiger partial charge < -0.3 is 9.87 Å². The number of halogens is 1. The highest BCUT2D eigenvalue weighted by Gasteiger charge is 2.14. The fourth-order valence-electron chi connectivity index (χ4n) is 0.631. The van der Waals surface area contributed by atoms with Crippen molar-refractivity contribution in [1.82, 2.24) is 5.32 Å². The molecule has 0 amide bonds. The summed E-state index contributed by atoms with van der Waals surface area (Å²) < 4.78 is 31.3. The van der Waals surface area contributed by atoms with E-state index in [-0.39, 0.29) is 17.8 Å². The lowest BCUT2D eigenvalue weighted by molar-refractivity contribution is 0.305. The second-order valence-electron chi connectivity index (χ2n) is 3.72. The lowest BCUT2D eigenvalue weighted by Crippen LogP contribution is -2.41. The van der Waals surface area contributed by atoms with E-state index in [1.54, 1.807) is 0 Å². The van der Waals surface area contributed by atoms with Crippen molar-refractivity contribution in [3.63, 3.8) is 0 Å². The summed E-state index contributed by atoms with van der Waals surface area (Å²) in [5.41, 5.74) is -0.152. The molecule has 0 aromatic carbocycles. The molecule has 0 aliphatic heterocycles. The van der Waals surface area contributed by atoms with Gasteiger partial charge in [-0.2, -0.15) is 0 Å². The largest absolute Gasteiger partial charge is 0.309 e. The highest BCUT2D eigenvalue weighted by atomic mass is 32.2. The molecule has 2 atom stereocenters. The predicted molar refractivity (Wildman–Crippen MR) is 48.3 cm³/mol. The van der Waals surface area contributed by atoms with Gasteiger partial charge >= 0.3 is 0 Å². The van der Waals surface area contributed by atoms with Gasteiger partial charge in [0.25, 0.3) is 0 Å². The van der Waals surface area contributed by atoms with Crippen LogP contribution in [-0.4, -0.2) is 32.8 Å². The maximum Gasteiger partial charge on any atom is 0.155 e. The molecule has 0 aliphatic rings. The molecule has 5 heteroatoms. The Kier molecular flexibility index (Phi) is 4.89. The molecule has 2 N–H and O–H groups in total. The third-order valence-electron chi connectivity index (χ3n) is 1.18. The Labute approximate surface area is 75.0 Å². The van der Waals surface area contributed by atoms with Crippen LogP contribution in [0.5, 0.6) is 0 Å². The van der Waals surface area contributed by atoms with Crippen LogP contribution in [0.25, 0.3) is 0 Å². The Morgan fingerprint density at radius 1 is 1.58 bits per heavy atom. The van der Waals surface area contributed by atoms with Crippen molar-refractivity contribution >= 4 is 11.1 Å². The summed E-state index contributed by atoms with van der Waals surface area (Å²) >= 11 is -2.04. The van der Waals surface area contributed by atoms with Crippen molar-refractivity contribution in [3.05, 3.63) is 0 Å². The maximum atomic E-state index is 12.8. The van der Waals surface area contributed by atoms with Gasteiger partial charge in [-0.25, -0.2) is 8.60 Å². The molecule has 12 heavy (non-hydrogen) atoms. The van der Waals surface area contributed by atoms with E-state index in [0.29, 0.717) is 0 Å². The highest BCUT2D eigenvalue weighted by molar-refractivity contribution is 7.79. The van der Waals surface area contributed by atoms with Crippen molar-refractivity contribution in [2.24, 2.45) is 0 Å². The molecule has 0 aromatic heterocycles. The lowest BCUT2D eigenvalue weighted by Gasteiger charge is -2.21. The summed E-state index contributed by atoms with van der Waals surface area (Å²) in [5, 5.41) is 2.91. The van der Waals surface area contributed by atoms with Gasteiger partial charge in [0.05, 0.1) is 5.75 Å². The molecular weight excluding hydrogens is 181 g/mol. The number of hydrogen-bond donors (Lipinski definition) is 2. The Balaban J connectivity index is 3.57. The Bertz CT molecular complexity index is 158. The number of nitrogens with one attached hydrogen (secondary N) is 1. The summed E-state index contributed by atoms with van der Waals surface area (Å²) in [7, 11) is 0. The van der Waals surface area contributed by atoms with Crippen LogP contribution in [-0.2, 0) is 11.1 Å². The molecule has 0 rings (SSSR count). The molecule has 0 radical (unpaired) electrons. The number of rotatable bonds is 4. The molecule has 0 saturated heterocycles. The van der Waals surface area contributed by atoms with Gasteiger partial charge in [0.15, 0.2) is 11.1 Å². The minimum atomic E-state index is -2.04.